The van der Waals surface area contributed by atoms with E-state index in [4.69, 9.17) is 5.11 Å². The number of alkyl halides is 2. The smallest absolute Gasteiger partial charge is 0.303 e. The van der Waals surface area contributed by atoms with Crippen LogP contribution in [0, 0.1) is 5.92 Å². The topological polar surface area (TPSA) is 46.5 Å². The van der Waals surface area contributed by atoms with Crippen molar-refractivity contribution in [3.05, 3.63) is 0 Å². The van der Waals surface area contributed by atoms with Crippen molar-refractivity contribution >= 4 is 5.97 Å². The summed E-state index contributed by atoms with van der Waals surface area (Å²) in [6, 6.07) is 0. The molecule has 0 aliphatic carbocycles. The summed E-state index contributed by atoms with van der Waals surface area (Å²) in [5, 5.41) is 8.34. The lowest BCUT2D eigenvalue weighted by atomic mass is 9.91. The van der Waals surface area contributed by atoms with Crippen LogP contribution in [0.5, 0.6) is 0 Å². The number of ether oxygens (including phenoxy) is 1. The second-order valence-corrected chi connectivity index (χ2v) is 3.23. The molecule has 76 valence electrons. The lowest BCUT2D eigenvalue weighted by Crippen LogP contribution is -2.39. The van der Waals surface area contributed by atoms with E-state index < -0.39 is 24.4 Å². The number of hydrogen-bond donors (Lipinski definition) is 1. The first kappa shape index (κ1) is 10.4. The molecule has 0 aromatic rings. The van der Waals surface area contributed by atoms with Crippen molar-refractivity contribution in [1.29, 1.82) is 0 Å². The summed E-state index contributed by atoms with van der Waals surface area (Å²) in [6.07, 6.45) is 0.0895. The maximum Gasteiger partial charge on any atom is 0.303 e. The average molecular weight is 194 g/mol. The van der Waals surface area contributed by atoms with Gasteiger partial charge in [0.05, 0.1) is 0 Å². The van der Waals surface area contributed by atoms with Gasteiger partial charge in [-0.1, -0.05) is 0 Å². The molecule has 0 radical (unpaired) electrons. The molecule has 0 aromatic carbocycles. The third kappa shape index (κ3) is 2.91. The highest BCUT2D eigenvalue weighted by Gasteiger charge is 2.42. The second-order valence-electron chi connectivity index (χ2n) is 3.23. The van der Waals surface area contributed by atoms with Gasteiger partial charge in [0, 0.05) is 18.9 Å². The highest BCUT2D eigenvalue weighted by Crippen LogP contribution is 2.34. The predicted molar refractivity (Wildman–Crippen MR) is 40.7 cm³/mol. The van der Waals surface area contributed by atoms with Gasteiger partial charge in [0.15, 0.2) is 0 Å². The van der Waals surface area contributed by atoms with Crippen LogP contribution in [0.1, 0.15) is 19.3 Å². The largest absolute Gasteiger partial charge is 0.481 e. The number of halogens is 2. The van der Waals surface area contributed by atoms with E-state index in [0.29, 0.717) is 6.61 Å². The van der Waals surface area contributed by atoms with Gasteiger partial charge in [-0.25, -0.2) is 8.78 Å². The van der Waals surface area contributed by atoms with Crippen LogP contribution in [0.4, 0.5) is 8.78 Å². The number of rotatable bonds is 3. The van der Waals surface area contributed by atoms with Gasteiger partial charge in [0.25, 0.3) is 5.92 Å². The molecule has 5 heteroatoms. The summed E-state index contributed by atoms with van der Waals surface area (Å²) in [6.45, 7) is -0.267. The molecule has 0 saturated carbocycles. The Labute approximate surface area is 74.7 Å². The summed E-state index contributed by atoms with van der Waals surface area (Å²) in [5.74, 6) is -4.71. The molecular weight excluding hydrogens is 182 g/mol. The van der Waals surface area contributed by atoms with Gasteiger partial charge < -0.3 is 9.84 Å². The van der Waals surface area contributed by atoms with Gasteiger partial charge in [-0.2, -0.15) is 0 Å². The Kier molecular flexibility index (Phi) is 3.19. The minimum absolute atomic E-state index is 0.0334. The standard InChI is InChI=1S/C8H12F2O3/c9-8(10)5-13-4-3-6(8)1-2-7(11)12/h6H,1-5H2,(H,11,12). The van der Waals surface area contributed by atoms with Crippen molar-refractivity contribution in [2.45, 2.75) is 25.2 Å². The first-order valence-electron chi connectivity index (χ1n) is 4.20. The number of carboxylic acid groups (broad SMARTS) is 1. The van der Waals surface area contributed by atoms with Crippen molar-refractivity contribution in [2.24, 2.45) is 5.92 Å². The molecule has 1 saturated heterocycles. The molecule has 1 N–H and O–H groups in total. The maximum absolute atomic E-state index is 13.0. The van der Waals surface area contributed by atoms with Gasteiger partial charge in [-0.05, 0) is 12.8 Å². The molecule has 1 unspecified atom stereocenters. The first-order chi connectivity index (χ1) is 6.02. The molecule has 1 rings (SSSR count). The number of hydrogen-bond acceptors (Lipinski definition) is 2. The zero-order valence-corrected chi connectivity index (χ0v) is 7.13. The number of carboxylic acids is 1. The molecule has 0 amide bonds. The highest BCUT2D eigenvalue weighted by molar-refractivity contribution is 5.66. The SMILES string of the molecule is O=C(O)CCC1CCOCC1(F)F. The predicted octanol–water partition coefficient (Wildman–Crippen LogP) is 1.52. The van der Waals surface area contributed by atoms with E-state index in [2.05, 4.69) is 4.74 Å². The summed E-state index contributed by atoms with van der Waals surface area (Å²) in [4.78, 5) is 10.2. The third-order valence-electron chi connectivity index (χ3n) is 2.21. The van der Waals surface area contributed by atoms with Gasteiger partial charge in [-0.3, -0.25) is 4.79 Å². The van der Waals surface area contributed by atoms with Crippen molar-refractivity contribution < 1.29 is 23.4 Å². The number of aliphatic carboxylic acids is 1. The van der Waals surface area contributed by atoms with E-state index in [9.17, 15) is 13.6 Å². The third-order valence-corrected chi connectivity index (χ3v) is 2.21. The second kappa shape index (κ2) is 4.00. The Bertz CT molecular complexity index is 194. The molecule has 13 heavy (non-hydrogen) atoms. The Hall–Kier alpha value is -0.710. The van der Waals surface area contributed by atoms with Crippen LogP contribution < -0.4 is 0 Å². The molecule has 1 fully saturated rings. The van der Waals surface area contributed by atoms with Crippen molar-refractivity contribution in [2.75, 3.05) is 13.2 Å². The monoisotopic (exact) mass is 194 g/mol. The zero-order chi connectivity index (χ0) is 9.90. The van der Waals surface area contributed by atoms with E-state index in [1.54, 1.807) is 0 Å². The van der Waals surface area contributed by atoms with Gasteiger partial charge >= 0.3 is 5.97 Å². The summed E-state index contributed by atoms with van der Waals surface area (Å²) >= 11 is 0. The van der Waals surface area contributed by atoms with Crippen molar-refractivity contribution in [3.63, 3.8) is 0 Å². The Morgan fingerprint density at radius 2 is 2.31 bits per heavy atom. The summed E-state index contributed by atoms with van der Waals surface area (Å²) in [7, 11) is 0. The molecule has 0 spiro atoms. The quantitative estimate of drug-likeness (QED) is 0.740. The van der Waals surface area contributed by atoms with Crippen LogP contribution >= 0.6 is 0 Å². The fourth-order valence-corrected chi connectivity index (χ4v) is 1.42. The molecule has 1 atom stereocenters. The van der Waals surface area contributed by atoms with Crippen molar-refractivity contribution in [3.8, 4) is 0 Å². The normalized spacial score (nSPS) is 27.1. The van der Waals surface area contributed by atoms with Crippen LogP contribution in [-0.4, -0.2) is 30.2 Å². The Morgan fingerprint density at radius 1 is 1.62 bits per heavy atom. The van der Waals surface area contributed by atoms with Gasteiger partial charge in [0.2, 0.25) is 0 Å². The molecule has 3 nitrogen and oxygen atoms in total. The Morgan fingerprint density at radius 3 is 2.85 bits per heavy atom. The van der Waals surface area contributed by atoms with E-state index in [-0.39, 0.29) is 19.3 Å². The lowest BCUT2D eigenvalue weighted by Gasteiger charge is -2.30. The first-order valence-corrected chi connectivity index (χ1v) is 4.20. The van der Waals surface area contributed by atoms with Crippen molar-refractivity contribution in [1.82, 2.24) is 0 Å². The molecular formula is C8H12F2O3. The molecule has 0 aromatic heterocycles. The molecule has 0 bridgehead atoms. The van der Waals surface area contributed by atoms with E-state index >= 15 is 0 Å². The van der Waals surface area contributed by atoms with E-state index in [1.165, 1.54) is 0 Å². The highest BCUT2D eigenvalue weighted by atomic mass is 19.3. The van der Waals surface area contributed by atoms with Gasteiger partial charge in [-0.15, -0.1) is 0 Å². The summed E-state index contributed by atoms with van der Waals surface area (Å²) < 4.78 is 30.6. The number of carbonyl (C=O) groups is 1. The fraction of sp³-hybridized carbons (Fsp3) is 0.875. The minimum atomic E-state index is -2.85. The lowest BCUT2D eigenvalue weighted by molar-refractivity contribution is -0.159. The molecule has 1 heterocycles. The fourth-order valence-electron chi connectivity index (χ4n) is 1.42. The van der Waals surface area contributed by atoms with E-state index in [0.717, 1.165) is 0 Å². The van der Waals surface area contributed by atoms with Gasteiger partial charge in [0.1, 0.15) is 6.61 Å². The maximum atomic E-state index is 13.0. The zero-order valence-electron chi connectivity index (χ0n) is 7.13. The van der Waals surface area contributed by atoms with Crippen LogP contribution in [0.15, 0.2) is 0 Å². The van der Waals surface area contributed by atoms with E-state index in [1.807, 2.05) is 0 Å². The molecule has 1 aliphatic rings. The van der Waals surface area contributed by atoms with Crippen LogP contribution in [0.3, 0.4) is 0 Å². The van der Waals surface area contributed by atoms with Crippen LogP contribution in [0.25, 0.3) is 0 Å². The summed E-state index contributed by atoms with van der Waals surface area (Å²) in [5.41, 5.74) is 0. The molecule has 1 aliphatic heterocycles. The Balaban J connectivity index is 2.41. The van der Waals surface area contributed by atoms with Crippen LogP contribution in [0.2, 0.25) is 0 Å². The van der Waals surface area contributed by atoms with Crippen LogP contribution in [-0.2, 0) is 9.53 Å². The minimum Gasteiger partial charge on any atom is -0.481 e. The average Bonchev–Trinajstić information content (AvgIpc) is 2.01.